The van der Waals surface area contributed by atoms with E-state index in [4.69, 9.17) is 4.98 Å². The molecule has 0 bridgehead atoms. The van der Waals surface area contributed by atoms with Gasteiger partial charge < -0.3 is 9.88 Å². The molecule has 0 aliphatic carbocycles. The minimum atomic E-state index is -0.282. The Balaban J connectivity index is 1.41. The number of nitrogens with zero attached hydrogens (tertiary/aromatic N) is 7. The molecule has 6 aromatic rings. The van der Waals surface area contributed by atoms with Gasteiger partial charge in [0.1, 0.15) is 23.4 Å². The van der Waals surface area contributed by atoms with Crippen molar-refractivity contribution in [1.29, 1.82) is 0 Å². The SMILES string of the molecule is CN(C)CCCc1cc(F)cc(-c2nccc3[nH]c(-c4n[nH]c5cnc(-c6cncnc6)cc45)nc23)c1. The first-order valence-corrected chi connectivity index (χ1v) is 11.9. The molecule has 0 saturated carbocycles. The highest BCUT2D eigenvalue weighted by molar-refractivity contribution is 5.96. The second-order valence-corrected chi connectivity index (χ2v) is 9.21. The number of aromatic amines is 2. The van der Waals surface area contributed by atoms with Gasteiger partial charge in [0.05, 0.1) is 28.6 Å². The Hall–Kier alpha value is -4.57. The summed E-state index contributed by atoms with van der Waals surface area (Å²) in [5.41, 5.74) is 6.68. The average Bonchev–Trinajstić information content (AvgIpc) is 3.52. The van der Waals surface area contributed by atoms with Crippen LogP contribution in [0, 0.1) is 5.82 Å². The van der Waals surface area contributed by atoms with Gasteiger partial charge in [0, 0.05) is 35.1 Å². The number of hydrogen-bond acceptors (Lipinski definition) is 7. The zero-order valence-electron chi connectivity index (χ0n) is 20.4. The topological polar surface area (TPSA) is 112 Å². The molecule has 0 fully saturated rings. The first-order valence-electron chi connectivity index (χ1n) is 11.9. The number of benzene rings is 1. The Morgan fingerprint density at radius 1 is 0.919 bits per heavy atom. The maximum absolute atomic E-state index is 14.6. The molecule has 0 radical (unpaired) electrons. The average molecular weight is 494 g/mol. The Morgan fingerprint density at radius 3 is 2.62 bits per heavy atom. The molecular weight excluding hydrogens is 469 g/mol. The number of H-pyrrole nitrogens is 2. The van der Waals surface area contributed by atoms with Crippen molar-refractivity contribution < 1.29 is 4.39 Å². The lowest BCUT2D eigenvalue weighted by Gasteiger charge is -2.10. The van der Waals surface area contributed by atoms with Crippen molar-refractivity contribution in [2.75, 3.05) is 20.6 Å². The van der Waals surface area contributed by atoms with E-state index in [2.05, 4.69) is 40.0 Å². The van der Waals surface area contributed by atoms with E-state index in [9.17, 15) is 4.39 Å². The number of pyridine rings is 2. The lowest BCUT2D eigenvalue weighted by molar-refractivity contribution is 0.400. The maximum atomic E-state index is 14.6. The van der Waals surface area contributed by atoms with Crippen molar-refractivity contribution in [1.82, 2.24) is 45.0 Å². The first-order chi connectivity index (χ1) is 18.0. The van der Waals surface area contributed by atoms with Gasteiger partial charge in [0.15, 0.2) is 5.82 Å². The van der Waals surface area contributed by atoms with Gasteiger partial charge in [-0.05, 0) is 69.4 Å². The van der Waals surface area contributed by atoms with Gasteiger partial charge in [0.2, 0.25) is 0 Å². The Labute approximate surface area is 211 Å². The van der Waals surface area contributed by atoms with Crippen molar-refractivity contribution in [3.8, 4) is 34.0 Å². The third-order valence-corrected chi connectivity index (χ3v) is 6.23. The summed E-state index contributed by atoms with van der Waals surface area (Å²) in [6.07, 6.45) is 10.1. The summed E-state index contributed by atoms with van der Waals surface area (Å²) in [6, 6.07) is 8.89. The van der Waals surface area contributed by atoms with Crippen LogP contribution in [0.2, 0.25) is 0 Å². The minimum Gasteiger partial charge on any atom is -0.336 e. The van der Waals surface area contributed by atoms with Crippen LogP contribution in [0.5, 0.6) is 0 Å². The third kappa shape index (κ3) is 4.54. The number of halogens is 1. The zero-order valence-corrected chi connectivity index (χ0v) is 20.4. The van der Waals surface area contributed by atoms with Crippen LogP contribution in [0.1, 0.15) is 12.0 Å². The van der Waals surface area contributed by atoms with Crippen LogP contribution in [0.15, 0.2) is 61.4 Å². The second-order valence-electron chi connectivity index (χ2n) is 9.21. The molecule has 0 unspecified atom stereocenters. The number of nitrogens with one attached hydrogen (secondary N) is 2. The van der Waals surface area contributed by atoms with Crippen LogP contribution >= 0.6 is 0 Å². The highest BCUT2D eigenvalue weighted by Gasteiger charge is 2.17. The zero-order chi connectivity index (χ0) is 25.4. The predicted molar refractivity (Wildman–Crippen MR) is 140 cm³/mol. The van der Waals surface area contributed by atoms with E-state index in [-0.39, 0.29) is 5.82 Å². The van der Waals surface area contributed by atoms with Crippen molar-refractivity contribution in [3.05, 3.63) is 72.8 Å². The van der Waals surface area contributed by atoms with Gasteiger partial charge >= 0.3 is 0 Å². The molecule has 0 spiro atoms. The van der Waals surface area contributed by atoms with Gasteiger partial charge in [-0.3, -0.25) is 15.1 Å². The maximum Gasteiger partial charge on any atom is 0.159 e. The van der Waals surface area contributed by atoms with E-state index in [1.54, 1.807) is 30.9 Å². The Morgan fingerprint density at radius 2 is 1.78 bits per heavy atom. The minimum absolute atomic E-state index is 0.282. The Kier molecular flexibility index (Phi) is 5.85. The molecule has 9 nitrogen and oxygen atoms in total. The lowest BCUT2D eigenvalue weighted by Crippen LogP contribution is -2.13. The molecule has 0 amide bonds. The van der Waals surface area contributed by atoms with Crippen LogP contribution in [0.4, 0.5) is 4.39 Å². The fourth-order valence-corrected chi connectivity index (χ4v) is 4.48. The number of aromatic nitrogens is 8. The van der Waals surface area contributed by atoms with Gasteiger partial charge in [-0.1, -0.05) is 0 Å². The first kappa shape index (κ1) is 22.9. The van der Waals surface area contributed by atoms with Gasteiger partial charge in [-0.15, -0.1) is 0 Å². The van der Waals surface area contributed by atoms with Gasteiger partial charge in [-0.25, -0.2) is 19.3 Å². The molecule has 5 heterocycles. The van der Waals surface area contributed by atoms with Crippen molar-refractivity contribution >= 4 is 21.9 Å². The van der Waals surface area contributed by atoms with E-state index in [0.717, 1.165) is 52.6 Å². The van der Waals surface area contributed by atoms with Gasteiger partial charge in [-0.2, -0.15) is 5.10 Å². The smallest absolute Gasteiger partial charge is 0.159 e. The summed E-state index contributed by atoms with van der Waals surface area (Å²) in [7, 11) is 4.07. The van der Waals surface area contributed by atoms with E-state index in [0.29, 0.717) is 28.3 Å². The highest BCUT2D eigenvalue weighted by atomic mass is 19.1. The molecule has 5 aromatic heterocycles. The quantitative estimate of drug-likeness (QED) is 0.333. The summed E-state index contributed by atoms with van der Waals surface area (Å²) in [6.45, 7) is 0.939. The van der Waals surface area contributed by atoms with E-state index in [1.807, 2.05) is 32.3 Å². The number of imidazole rings is 1. The van der Waals surface area contributed by atoms with Crippen LogP contribution < -0.4 is 0 Å². The summed E-state index contributed by atoms with van der Waals surface area (Å²) < 4.78 is 14.6. The van der Waals surface area contributed by atoms with Crippen molar-refractivity contribution in [2.24, 2.45) is 0 Å². The summed E-state index contributed by atoms with van der Waals surface area (Å²) in [4.78, 5) is 27.6. The number of fused-ring (bicyclic) bond motifs is 2. The Bertz CT molecular complexity index is 1710. The second kappa shape index (κ2) is 9.47. The summed E-state index contributed by atoms with van der Waals surface area (Å²) in [5, 5.41) is 8.38. The van der Waals surface area contributed by atoms with Crippen molar-refractivity contribution in [3.63, 3.8) is 0 Å². The lowest BCUT2D eigenvalue weighted by atomic mass is 10.0. The molecule has 37 heavy (non-hydrogen) atoms. The fourth-order valence-electron chi connectivity index (χ4n) is 4.48. The van der Waals surface area contributed by atoms with E-state index in [1.165, 1.54) is 12.4 Å². The molecule has 184 valence electrons. The molecule has 0 saturated heterocycles. The normalized spacial score (nSPS) is 11.7. The number of rotatable bonds is 7. The third-order valence-electron chi connectivity index (χ3n) is 6.23. The van der Waals surface area contributed by atoms with Crippen LogP contribution in [-0.2, 0) is 6.42 Å². The molecule has 10 heteroatoms. The van der Waals surface area contributed by atoms with Crippen LogP contribution in [0.25, 0.3) is 56.0 Å². The molecular formula is C27H24FN9. The van der Waals surface area contributed by atoms with Crippen LogP contribution in [-0.4, -0.2) is 65.6 Å². The molecule has 2 N–H and O–H groups in total. The van der Waals surface area contributed by atoms with Crippen molar-refractivity contribution in [2.45, 2.75) is 12.8 Å². The molecule has 1 aromatic carbocycles. The predicted octanol–water partition coefficient (Wildman–Crippen LogP) is 4.65. The van der Waals surface area contributed by atoms with Crippen LogP contribution in [0.3, 0.4) is 0 Å². The molecule has 6 rings (SSSR count). The molecule has 0 atom stereocenters. The number of hydrogen-bond donors (Lipinski definition) is 2. The summed E-state index contributed by atoms with van der Waals surface area (Å²) >= 11 is 0. The van der Waals surface area contributed by atoms with E-state index >= 15 is 0 Å². The largest absolute Gasteiger partial charge is 0.336 e. The van der Waals surface area contributed by atoms with Gasteiger partial charge in [0.25, 0.3) is 0 Å². The monoisotopic (exact) mass is 493 g/mol. The van der Waals surface area contributed by atoms with E-state index < -0.39 is 0 Å². The molecule has 0 aliphatic rings. The molecule has 0 aliphatic heterocycles. The fraction of sp³-hybridized carbons (Fsp3) is 0.185. The number of aryl methyl sites for hydroxylation is 1. The highest BCUT2D eigenvalue weighted by Crippen LogP contribution is 2.32. The summed E-state index contributed by atoms with van der Waals surface area (Å²) in [5.74, 6) is 0.301. The standard InChI is InChI=1S/C27H24FN9/c1-37(2)7-3-4-16-8-17(10-19(28)9-16)24-26-21(5-6-31-24)33-27(34-26)25-20-11-22(18-12-29-15-30-13-18)32-14-23(20)35-36-25/h5-6,8-15H,3-4,7H2,1-2H3,(H,33,34)(H,35,36).